The highest BCUT2D eigenvalue weighted by molar-refractivity contribution is 5.92. The van der Waals surface area contributed by atoms with E-state index in [2.05, 4.69) is 45.9 Å². The fraction of sp³-hybridized carbons (Fsp3) is 0.500. The van der Waals surface area contributed by atoms with Crippen molar-refractivity contribution in [3.63, 3.8) is 0 Å². The van der Waals surface area contributed by atoms with Gasteiger partial charge in [-0.15, -0.1) is 0 Å². The molecule has 1 aliphatic heterocycles. The normalized spacial score (nSPS) is 28.1. The summed E-state index contributed by atoms with van der Waals surface area (Å²) < 4.78 is 5.59. The highest BCUT2D eigenvalue weighted by Crippen LogP contribution is 2.40. The fourth-order valence-electron chi connectivity index (χ4n) is 5.56. The molecular formula is C34H46O6. The largest absolute Gasteiger partial charge is 0.394 e. The first-order chi connectivity index (χ1) is 18.9. The summed E-state index contributed by atoms with van der Waals surface area (Å²) >= 11 is 0. The van der Waals surface area contributed by atoms with E-state index in [1.165, 1.54) is 30.4 Å². The molecule has 218 valence electrons. The molecule has 5 atom stereocenters. The highest BCUT2D eigenvalue weighted by Gasteiger charge is 2.43. The molecule has 0 spiro atoms. The van der Waals surface area contributed by atoms with E-state index in [9.17, 15) is 25.2 Å². The van der Waals surface area contributed by atoms with Crippen LogP contribution in [0.4, 0.5) is 0 Å². The van der Waals surface area contributed by atoms with Crippen LogP contribution in [0.25, 0.3) is 0 Å². The molecule has 3 rings (SSSR count). The van der Waals surface area contributed by atoms with Gasteiger partial charge in [0.05, 0.1) is 12.7 Å². The van der Waals surface area contributed by atoms with Crippen molar-refractivity contribution in [3.05, 3.63) is 94.1 Å². The second kappa shape index (κ2) is 14.3. The summed E-state index contributed by atoms with van der Waals surface area (Å²) in [5, 5.41) is 39.6. The smallest absolute Gasteiger partial charge is 0.160 e. The van der Waals surface area contributed by atoms with Gasteiger partial charge in [-0.25, -0.2) is 0 Å². The van der Waals surface area contributed by atoms with E-state index >= 15 is 0 Å². The Morgan fingerprint density at radius 1 is 0.975 bits per heavy atom. The SMILES string of the molecule is CC1=C(/C=C/C(C)=C/C=C/C(C)=C/C(=O)Cc2ccc(C[C@@H]3O[C@H](CO)[C@@H](O)[C@H](O)[C@H]3O)cc2)C(C)(C)CCC1. The topological polar surface area (TPSA) is 107 Å². The van der Waals surface area contributed by atoms with Crippen molar-refractivity contribution in [3.8, 4) is 0 Å². The molecule has 0 bridgehead atoms. The summed E-state index contributed by atoms with van der Waals surface area (Å²) in [6, 6.07) is 7.43. The van der Waals surface area contributed by atoms with Gasteiger partial charge in [0.15, 0.2) is 5.78 Å². The Kier molecular flexibility index (Phi) is 11.4. The van der Waals surface area contributed by atoms with Crippen LogP contribution < -0.4 is 0 Å². The minimum atomic E-state index is -1.39. The predicted molar refractivity (Wildman–Crippen MR) is 159 cm³/mol. The van der Waals surface area contributed by atoms with Crippen LogP contribution in [0.15, 0.2) is 83.0 Å². The van der Waals surface area contributed by atoms with Crippen LogP contribution in [0, 0.1) is 5.41 Å². The predicted octanol–water partition coefficient (Wildman–Crippen LogP) is 4.71. The third-order valence-corrected chi connectivity index (χ3v) is 7.99. The van der Waals surface area contributed by atoms with E-state index in [4.69, 9.17) is 4.74 Å². The Balaban J connectivity index is 1.53. The summed E-state index contributed by atoms with van der Waals surface area (Å²) in [5.41, 5.74) is 6.90. The first-order valence-corrected chi connectivity index (χ1v) is 14.2. The van der Waals surface area contributed by atoms with Crippen molar-refractivity contribution in [1.29, 1.82) is 0 Å². The van der Waals surface area contributed by atoms with Crippen LogP contribution in [0.3, 0.4) is 0 Å². The maximum absolute atomic E-state index is 12.6. The molecule has 40 heavy (non-hydrogen) atoms. The zero-order valence-corrected chi connectivity index (χ0v) is 24.5. The zero-order valence-electron chi connectivity index (χ0n) is 24.5. The lowest BCUT2D eigenvalue weighted by Crippen LogP contribution is -2.58. The van der Waals surface area contributed by atoms with Crippen molar-refractivity contribution in [2.24, 2.45) is 5.41 Å². The third-order valence-electron chi connectivity index (χ3n) is 7.99. The number of ether oxygens (including phenoxy) is 1. The molecule has 1 fully saturated rings. The fourth-order valence-corrected chi connectivity index (χ4v) is 5.56. The molecule has 1 aliphatic carbocycles. The zero-order chi connectivity index (χ0) is 29.4. The van der Waals surface area contributed by atoms with Gasteiger partial charge in [-0.05, 0) is 73.8 Å². The van der Waals surface area contributed by atoms with Gasteiger partial charge in [-0.3, -0.25) is 4.79 Å². The number of hydrogen-bond acceptors (Lipinski definition) is 6. The van der Waals surface area contributed by atoms with Crippen LogP contribution in [0.5, 0.6) is 0 Å². The molecule has 0 saturated carbocycles. The summed E-state index contributed by atoms with van der Waals surface area (Å²) in [6.45, 7) is 10.4. The molecule has 1 heterocycles. The van der Waals surface area contributed by atoms with Gasteiger partial charge in [0, 0.05) is 12.8 Å². The minimum Gasteiger partial charge on any atom is -0.394 e. The van der Waals surface area contributed by atoms with E-state index in [-0.39, 0.29) is 17.6 Å². The Labute approximate surface area is 239 Å². The van der Waals surface area contributed by atoms with Gasteiger partial charge in [-0.1, -0.05) is 79.6 Å². The van der Waals surface area contributed by atoms with Crippen LogP contribution in [0.1, 0.15) is 65.0 Å². The molecule has 0 radical (unpaired) electrons. The van der Waals surface area contributed by atoms with Gasteiger partial charge in [-0.2, -0.15) is 0 Å². The van der Waals surface area contributed by atoms with Crippen molar-refractivity contribution >= 4 is 5.78 Å². The third kappa shape index (κ3) is 8.69. The molecule has 0 aromatic heterocycles. The number of aliphatic hydroxyl groups is 4. The Morgan fingerprint density at radius 2 is 1.62 bits per heavy atom. The van der Waals surface area contributed by atoms with Crippen molar-refractivity contribution in [1.82, 2.24) is 0 Å². The van der Waals surface area contributed by atoms with Gasteiger partial charge < -0.3 is 25.2 Å². The van der Waals surface area contributed by atoms with E-state index in [1.54, 1.807) is 6.08 Å². The number of aliphatic hydroxyl groups excluding tert-OH is 4. The quantitative estimate of drug-likeness (QED) is 0.248. The Morgan fingerprint density at radius 3 is 2.27 bits per heavy atom. The Bertz CT molecular complexity index is 1170. The highest BCUT2D eigenvalue weighted by atomic mass is 16.5. The van der Waals surface area contributed by atoms with Crippen LogP contribution >= 0.6 is 0 Å². The second-order valence-corrected chi connectivity index (χ2v) is 12.0. The monoisotopic (exact) mass is 550 g/mol. The standard InChI is InChI=1S/C34H46O6/c1-22(11-16-28-24(3)10-7-17-34(28,4)5)8-6-9-23(2)18-27(36)19-25-12-14-26(15-13-25)20-29-31(37)33(39)32(38)30(21-35)40-29/h6,8-9,11-16,18,29-33,35,37-39H,7,10,17,19-21H2,1-5H3/b9-6+,16-11+,22-8+,23-18+/t29-,30+,31-,32+,33+/m0/s1. The summed E-state index contributed by atoms with van der Waals surface area (Å²) in [6.07, 6.45) is 10.6. The summed E-state index contributed by atoms with van der Waals surface area (Å²) in [4.78, 5) is 12.6. The van der Waals surface area contributed by atoms with Crippen LogP contribution in [0.2, 0.25) is 0 Å². The van der Waals surface area contributed by atoms with Gasteiger partial charge in [0.25, 0.3) is 0 Å². The van der Waals surface area contributed by atoms with E-state index in [1.807, 2.05) is 43.3 Å². The molecule has 6 heteroatoms. The van der Waals surface area contributed by atoms with E-state index < -0.39 is 37.1 Å². The molecule has 2 aliphatic rings. The van der Waals surface area contributed by atoms with Crippen LogP contribution in [-0.2, 0) is 22.4 Å². The summed E-state index contributed by atoms with van der Waals surface area (Å²) in [7, 11) is 0. The molecule has 4 N–H and O–H groups in total. The molecule has 1 saturated heterocycles. The minimum absolute atomic E-state index is 0.00590. The first kappa shape index (κ1) is 31.9. The molecule has 0 unspecified atom stereocenters. The second-order valence-electron chi connectivity index (χ2n) is 12.0. The number of rotatable bonds is 10. The molecular weight excluding hydrogens is 504 g/mol. The first-order valence-electron chi connectivity index (χ1n) is 14.2. The van der Waals surface area contributed by atoms with E-state index in [0.29, 0.717) is 6.42 Å². The maximum atomic E-state index is 12.6. The lowest BCUT2D eigenvalue weighted by Gasteiger charge is -2.40. The number of allylic oxidation sites excluding steroid dienone is 10. The number of carbonyl (C=O) groups excluding carboxylic acids is 1. The maximum Gasteiger partial charge on any atom is 0.160 e. The van der Waals surface area contributed by atoms with Crippen LogP contribution in [-0.4, -0.2) is 63.3 Å². The number of ketones is 1. The van der Waals surface area contributed by atoms with Crippen molar-refractivity contribution in [2.75, 3.05) is 6.61 Å². The number of carbonyl (C=O) groups is 1. The van der Waals surface area contributed by atoms with Crippen molar-refractivity contribution < 1.29 is 30.0 Å². The van der Waals surface area contributed by atoms with Gasteiger partial charge >= 0.3 is 0 Å². The number of hydrogen-bond donors (Lipinski definition) is 4. The Hall–Kier alpha value is -2.61. The lowest BCUT2D eigenvalue weighted by atomic mass is 9.72. The van der Waals surface area contributed by atoms with Crippen molar-refractivity contribution in [2.45, 2.75) is 97.2 Å². The molecule has 1 aromatic carbocycles. The molecule has 0 amide bonds. The van der Waals surface area contributed by atoms with E-state index in [0.717, 1.165) is 22.3 Å². The average molecular weight is 551 g/mol. The summed E-state index contributed by atoms with van der Waals surface area (Å²) in [5.74, 6) is 0.00590. The van der Waals surface area contributed by atoms with Gasteiger partial charge in [0.1, 0.15) is 24.4 Å². The van der Waals surface area contributed by atoms with Gasteiger partial charge in [0.2, 0.25) is 0 Å². The number of benzene rings is 1. The molecule has 1 aromatic rings. The lowest BCUT2D eigenvalue weighted by molar-refractivity contribution is -0.228. The average Bonchev–Trinajstić information content (AvgIpc) is 2.89. The molecule has 6 nitrogen and oxygen atoms in total.